The van der Waals surface area contributed by atoms with Crippen molar-refractivity contribution in [2.45, 2.75) is 86.1 Å². The van der Waals surface area contributed by atoms with Crippen molar-refractivity contribution in [2.24, 2.45) is 29.6 Å². The van der Waals surface area contributed by atoms with Gasteiger partial charge in [-0.2, -0.15) is 0 Å². The molecule has 0 aromatic carbocycles. The predicted molar refractivity (Wildman–Crippen MR) is 91.0 cm³/mol. The van der Waals surface area contributed by atoms with Crippen LogP contribution in [0.2, 0.25) is 0 Å². The summed E-state index contributed by atoms with van der Waals surface area (Å²) in [5.41, 5.74) is 0. The molecule has 0 saturated heterocycles. The molecule has 0 heterocycles. The Morgan fingerprint density at radius 1 is 1.05 bits per heavy atom. The molecule has 20 heavy (non-hydrogen) atoms. The monoisotopic (exact) mass is 281 g/mol. The maximum absolute atomic E-state index is 3.82. The van der Waals surface area contributed by atoms with Gasteiger partial charge in [-0.3, -0.25) is 0 Å². The largest absolute Gasteiger partial charge is 0.314 e. The summed E-state index contributed by atoms with van der Waals surface area (Å²) < 4.78 is 0. The summed E-state index contributed by atoms with van der Waals surface area (Å²) >= 11 is 0. The minimum atomic E-state index is 0.646. The minimum Gasteiger partial charge on any atom is -0.314 e. The second kappa shape index (κ2) is 9.07. The number of hydrogen-bond acceptors (Lipinski definition) is 1. The molecule has 1 aliphatic carbocycles. The number of nitrogens with one attached hydrogen (secondary N) is 1. The Morgan fingerprint density at radius 2 is 1.70 bits per heavy atom. The zero-order chi connectivity index (χ0) is 15.1. The second-order valence-corrected chi connectivity index (χ2v) is 7.83. The van der Waals surface area contributed by atoms with Crippen molar-refractivity contribution in [2.75, 3.05) is 6.54 Å². The minimum absolute atomic E-state index is 0.646. The lowest BCUT2D eigenvalue weighted by molar-refractivity contribution is 0.199. The molecule has 0 amide bonds. The van der Waals surface area contributed by atoms with E-state index in [2.05, 4.69) is 46.9 Å². The van der Waals surface area contributed by atoms with Crippen LogP contribution in [0.1, 0.15) is 80.1 Å². The van der Waals surface area contributed by atoms with E-state index in [0.29, 0.717) is 6.04 Å². The quantitative estimate of drug-likeness (QED) is 0.619. The Balaban J connectivity index is 2.35. The Labute approximate surface area is 128 Å². The van der Waals surface area contributed by atoms with Crippen molar-refractivity contribution in [1.29, 1.82) is 0 Å². The lowest BCUT2D eigenvalue weighted by Gasteiger charge is -2.33. The van der Waals surface area contributed by atoms with E-state index in [4.69, 9.17) is 0 Å². The van der Waals surface area contributed by atoms with Gasteiger partial charge < -0.3 is 5.32 Å². The van der Waals surface area contributed by atoms with Gasteiger partial charge in [-0.1, -0.05) is 66.7 Å². The van der Waals surface area contributed by atoms with Crippen LogP contribution in [0.3, 0.4) is 0 Å². The van der Waals surface area contributed by atoms with E-state index in [-0.39, 0.29) is 0 Å². The van der Waals surface area contributed by atoms with E-state index < -0.39 is 0 Å². The van der Waals surface area contributed by atoms with Gasteiger partial charge in [-0.25, -0.2) is 0 Å². The fraction of sp³-hybridized carbons (Fsp3) is 1.00. The third kappa shape index (κ3) is 5.76. The predicted octanol–water partition coefficient (Wildman–Crippen LogP) is 5.50. The van der Waals surface area contributed by atoms with E-state index in [1.165, 1.54) is 45.1 Å². The highest BCUT2D eigenvalue weighted by Crippen LogP contribution is 2.34. The second-order valence-electron chi connectivity index (χ2n) is 7.83. The van der Waals surface area contributed by atoms with E-state index in [0.717, 1.165) is 29.6 Å². The van der Waals surface area contributed by atoms with Crippen molar-refractivity contribution < 1.29 is 0 Å². The molecular weight excluding hydrogens is 242 g/mol. The lowest BCUT2D eigenvalue weighted by atomic mass is 9.75. The topological polar surface area (TPSA) is 12.0 Å². The molecule has 1 N–H and O–H groups in total. The SMILES string of the molecule is CC[C@H](CNC(C)C(C)C(C)C)CC1CCCCC1C. The van der Waals surface area contributed by atoms with Crippen LogP contribution < -0.4 is 5.32 Å². The molecule has 120 valence electrons. The van der Waals surface area contributed by atoms with Crippen molar-refractivity contribution in [3.63, 3.8) is 0 Å². The highest BCUT2D eigenvalue weighted by atomic mass is 14.9. The number of rotatable bonds is 8. The van der Waals surface area contributed by atoms with Crippen LogP contribution in [0, 0.1) is 29.6 Å². The molecule has 1 fully saturated rings. The van der Waals surface area contributed by atoms with Gasteiger partial charge in [0.05, 0.1) is 0 Å². The zero-order valence-electron chi connectivity index (χ0n) is 14.9. The van der Waals surface area contributed by atoms with E-state index in [1.54, 1.807) is 0 Å². The Morgan fingerprint density at radius 3 is 2.25 bits per heavy atom. The van der Waals surface area contributed by atoms with E-state index in [9.17, 15) is 0 Å². The maximum Gasteiger partial charge on any atom is 0.00669 e. The van der Waals surface area contributed by atoms with Crippen molar-refractivity contribution in [3.05, 3.63) is 0 Å². The average molecular weight is 282 g/mol. The van der Waals surface area contributed by atoms with Crippen LogP contribution in [-0.2, 0) is 0 Å². The molecule has 0 bridgehead atoms. The van der Waals surface area contributed by atoms with Gasteiger partial charge in [0.1, 0.15) is 0 Å². The van der Waals surface area contributed by atoms with Crippen LogP contribution in [0.15, 0.2) is 0 Å². The summed E-state index contributed by atoms with van der Waals surface area (Å²) in [6, 6.07) is 0.646. The summed E-state index contributed by atoms with van der Waals surface area (Å²) in [5.74, 6) is 4.37. The molecule has 1 heteroatoms. The third-order valence-electron chi connectivity index (χ3n) is 6.07. The molecule has 1 saturated carbocycles. The first-order chi connectivity index (χ1) is 9.45. The molecule has 1 rings (SSSR count). The Kier molecular flexibility index (Phi) is 8.17. The van der Waals surface area contributed by atoms with Gasteiger partial charge in [-0.15, -0.1) is 0 Å². The van der Waals surface area contributed by atoms with Gasteiger partial charge in [0, 0.05) is 6.04 Å². The molecule has 0 aliphatic heterocycles. The standard InChI is InChI=1S/C19H39N/c1-7-18(12-19-11-9-8-10-15(19)4)13-20-17(6)16(5)14(2)3/h14-20H,7-13H2,1-6H3/t15?,16?,17?,18-,19?/m0/s1. The first kappa shape index (κ1) is 18.0. The van der Waals surface area contributed by atoms with Gasteiger partial charge in [0.25, 0.3) is 0 Å². The van der Waals surface area contributed by atoms with Gasteiger partial charge in [0.15, 0.2) is 0 Å². The van der Waals surface area contributed by atoms with Crippen LogP contribution in [0.4, 0.5) is 0 Å². The van der Waals surface area contributed by atoms with Crippen LogP contribution in [0.5, 0.6) is 0 Å². The molecular formula is C19H39N. The fourth-order valence-electron chi connectivity index (χ4n) is 3.68. The molecule has 4 unspecified atom stereocenters. The zero-order valence-corrected chi connectivity index (χ0v) is 14.9. The summed E-state index contributed by atoms with van der Waals surface area (Å²) in [6.45, 7) is 15.5. The van der Waals surface area contributed by atoms with E-state index in [1.807, 2.05) is 0 Å². The van der Waals surface area contributed by atoms with Crippen LogP contribution >= 0.6 is 0 Å². The summed E-state index contributed by atoms with van der Waals surface area (Å²) in [5, 5.41) is 3.82. The van der Waals surface area contributed by atoms with Crippen molar-refractivity contribution in [3.8, 4) is 0 Å². The average Bonchev–Trinajstić information content (AvgIpc) is 2.43. The highest BCUT2D eigenvalue weighted by Gasteiger charge is 2.24. The van der Waals surface area contributed by atoms with Crippen molar-refractivity contribution >= 4 is 0 Å². The maximum atomic E-state index is 3.82. The smallest absolute Gasteiger partial charge is 0.00669 e. The molecule has 0 aromatic rings. The molecule has 0 radical (unpaired) electrons. The summed E-state index contributed by atoms with van der Waals surface area (Å²) in [6.07, 6.45) is 8.67. The first-order valence-electron chi connectivity index (χ1n) is 9.19. The van der Waals surface area contributed by atoms with Gasteiger partial charge >= 0.3 is 0 Å². The molecule has 5 atom stereocenters. The number of hydrogen-bond donors (Lipinski definition) is 1. The van der Waals surface area contributed by atoms with Gasteiger partial charge in [-0.05, 0) is 49.5 Å². The molecule has 1 aliphatic rings. The lowest BCUT2D eigenvalue weighted by Crippen LogP contribution is -2.38. The van der Waals surface area contributed by atoms with Crippen molar-refractivity contribution in [1.82, 2.24) is 5.32 Å². The highest BCUT2D eigenvalue weighted by molar-refractivity contribution is 4.78. The Bertz CT molecular complexity index is 248. The molecule has 0 spiro atoms. The molecule has 0 aromatic heterocycles. The van der Waals surface area contributed by atoms with Crippen LogP contribution in [-0.4, -0.2) is 12.6 Å². The van der Waals surface area contributed by atoms with Gasteiger partial charge in [0.2, 0.25) is 0 Å². The third-order valence-corrected chi connectivity index (χ3v) is 6.07. The fourth-order valence-corrected chi connectivity index (χ4v) is 3.68. The molecule has 1 nitrogen and oxygen atoms in total. The van der Waals surface area contributed by atoms with Crippen LogP contribution in [0.25, 0.3) is 0 Å². The summed E-state index contributed by atoms with van der Waals surface area (Å²) in [7, 11) is 0. The summed E-state index contributed by atoms with van der Waals surface area (Å²) in [4.78, 5) is 0. The first-order valence-corrected chi connectivity index (χ1v) is 9.19. The Hall–Kier alpha value is -0.0400. The normalized spacial score (nSPS) is 28.4. The van der Waals surface area contributed by atoms with E-state index >= 15 is 0 Å².